The van der Waals surface area contributed by atoms with E-state index in [2.05, 4.69) is 0 Å². The van der Waals surface area contributed by atoms with Gasteiger partial charge in [0.25, 0.3) is 0 Å². The predicted octanol–water partition coefficient (Wildman–Crippen LogP) is 2.96. The van der Waals surface area contributed by atoms with Gasteiger partial charge in [-0.05, 0) is 5.56 Å². The van der Waals surface area contributed by atoms with E-state index in [1.165, 1.54) is 0 Å². The van der Waals surface area contributed by atoms with Crippen LogP contribution in [-0.4, -0.2) is 7.11 Å². The lowest BCUT2D eigenvalue weighted by Gasteiger charge is -1.99. The Hall–Kier alpha value is -1.70. The summed E-state index contributed by atoms with van der Waals surface area (Å²) in [6.07, 6.45) is 3.29. The summed E-state index contributed by atoms with van der Waals surface area (Å²) in [4.78, 5) is 0. The third-order valence-electron chi connectivity index (χ3n) is 1.93. The largest absolute Gasteiger partial charge is 0.493 e. The van der Waals surface area contributed by atoms with Crippen molar-refractivity contribution in [3.63, 3.8) is 0 Å². The number of methoxy groups -OCH3 is 1. The van der Waals surface area contributed by atoms with Gasteiger partial charge < -0.3 is 9.15 Å². The van der Waals surface area contributed by atoms with Gasteiger partial charge in [-0.2, -0.15) is 0 Å². The molecule has 66 valence electrons. The van der Waals surface area contributed by atoms with E-state index < -0.39 is 0 Å². The van der Waals surface area contributed by atoms with Crippen LogP contribution in [0.3, 0.4) is 0 Å². The van der Waals surface area contributed by atoms with Crippen molar-refractivity contribution in [1.29, 1.82) is 0 Å². The molecule has 1 aromatic carbocycles. The monoisotopic (exact) mass is 174 g/mol. The zero-order valence-electron chi connectivity index (χ0n) is 7.36. The summed E-state index contributed by atoms with van der Waals surface area (Å²) >= 11 is 0. The SMILES string of the molecule is COc1cocc1-c1ccccc1. The van der Waals surface area contributed by atoms with Crippen LogP contribution in [0.5, 0.6) is 5.75 Å². The maximum absolute atomic E-state index is 5.15. The van der Waals surface area contributed by atoms with Crippen molar-refractivity contribution in [2.75, 3.05) is 7.11 Å². The van der Waals surface area contributed by atoms with E-state index in [1.54, 1.807) is 19.6 Å². The first kappa shape index (κ1) is 7.92. The molecule has 0 amide bonds. The van der Waals surface area contributed by atoms with Crippen molar-refractivity contribution in [2.24, 2.45) is 0 Å². The molecule has 0 unspecified atom stereocenters. The molecule has 0 radical (unpaired) electrons. The standard InChI is InChI=1S/C11H10O2/c1-12-11-8-13-7-10(11)9-5-3-2-4-6-9/h2-8H,1H3. The van der Waals surface area contributed by atoms with Crippen molar-refractivity contribution in [3.8, 4) is 16.9 Å². The molecule has 1 heterocycles. The Kier molecular flexibility index (Phi) is 2.04. The molecule has 1 aromatic heterocycles. The van der Waals surface area contributed by atoms with E-state index in [0.717, 1.165) is 16.9 Å². The molecule has 2 aromatic rings. The fraction of sp³-hybridized carbons (Fsp3) is 0.0909. The van der Waals surface area contributed by atoms with E-state index in [9.17, 15) is 0 Å². The minimum absolute atomic E-state index is 0.770. The van der Waals surface area contributed by atoms with Crippen molar-refractivity contribution < 1.29 is 9.15 Å². The van der Waals surface area contributed by atoms with Crippen LogP contribution in [0.15, 0.2) is 47.3 Å². The smallest absolute Gasteiger partial charge is 0.164 e. The summed E-state index contributed by atoms with van der Waals surface area (Å²) in [5.74, 6) is 0.770. The molecule has 0 saturated carbocycles. The molecule has 0 saturated heterocycles. The van der Waals surface area contributed by atoms with Gasteiger partial charge in [-0.3, -0.25) is 0 Å². The maximum Gasteiger partial charge on any atom is 0.164 e. The molecule has 2 heteroatoms. The topological polar surface area (TPSA) is 22.4 Å². The fourth-order valence-electron chi connectivity index (χ4n) is 1.27. The lowest BCUT2D eigenvalue weighted by atomic mass is 10.1. The van der Waals surface area contributed by atoms with Gasteiger partial charge in [0, 0.05) is 0 Å². The Bertz CT molecular complexity index is 376. The number of hydrogen-bond donors (Lipinski definition) is 0. The molecule has 0 spiro atoms. The average Bonchev–Trinajstić information content (AvgIpc) is 2.67. The van der Waals surface area contributed by atoms with Crippen LogP contribution in [0, 0.1) is 0 Å². The lowest BCUT2D eigenvalue weighted by Crippen LogP contribution is -1.82. The normalized spacial score (nSPS) is 9.92. The van der Waals surface area contributed by atoms with Crippen LogP contribution >= 0.6 is 0 Å². The van der Waals surface area contributed by atoms with E-state index in [1.807, 2.05) is 30.3 Å². The van der Waals surface area contributed by atoms with E-state index in [4.69, 9.17) is 9.15 Å². The Balaban J connectivity index is 2.47. The minimum atomic E-state index is 0.770. The van der Waals surface area contributed by atoms with Crippen LogP contribution in [0.4, 0.5) is 0 Å². The summed E-state index contributed by atoms with van der Waals surface area (Å²) in [5.41, 5.74) is 2.09. The Labute approximate surface area is 76.8 Å². The van der Waals surface area contributed by atoms with Crippen LogP contribution in [0.25, 0.3) is 11.1 Å². The first-order chi connectivity index (χ1) is 6.42. The predicted molar refractivity (Wildman–Crippen MR) is 50.7 cm³/mol. The number of ether oxygens (including phenoxy) is 1. The first-order valence-corrected chi connectivity index (χ1v) is 4.07. The molecular formula is C11H10O2. The Morgan fingerprint density at radius 3 is 2.54 bits per heavy atom. The van der Waals surface area contributed by atoms with Gasteiger partial charge >= 0.3 is 0 Å². The second-order valence-corrected chi connectivity index (χ2v) is 2.72. The molecule has 0 fully saturated rings. The van der Waals surface area contributed by atoms with Gasteiger partial charge in [0.15, 0.2) is 5.75 Å². The third kappa shape index (κ3) is 1.43. The van der Waals surface area contributed by atoms with Crippen molar-refractivity contribution in [1.82, 2.24) is 0 Å². The summed E-state index contributed by atoms with van der Waals surface area (Å²) < 4.78 is 10.2. The van der Waals surface area contributed by atoms with Gasteiger partial charge in [-0.25, -0.2) is 0 Å². The molecule has 2 nitrogen and oxygen atoms in total. The van der Waals surface area contributed by atoms with Crippen LogP contribution < -0.4 is 4.74 Å². The van der Waals surface area contributed by atoms with E-state index >= 15 is 0 Å². The molecular weight excluding hydrogens is 164 g/mol. The molecule has 0 aliphatic heterocycles. The highest BCUT2D eigenvalue weighted by atomic mass is 16.5. The number of rotatable bonds is 2. The summed E-state index contributed by atoms with van der Waals surface area (Å²) in [5, 5.41) is 0. The van der Waals surface area contributed by atoms with Crippen molar-refractivity contribution in [2.45, 2.75) is 0 Å². The molecule has 0 atom stereocenters. The van der Waals surface area contributed by atoms with Gasteiger partial charge in [0.2, 0.25) is 0 Å². The third-order valence-corrected chi connectivity index (χ3v) is 1.93. The van der Waals surface area contributed by atoms with Crippen molar-refractivity contribution in [3.05, 3.63) is 42.9 Å². The quantitative estimate of drug-likeness (QED) is 0.698. The Morgan fingerprint density at radius 1 is 1.08 bits per heavy atom. The van der Waals surface area contributed by atoms with Crippen LogP contribution in [0.1, 0.15) is 0 Å². The lowest BCUT2D eigenvalue weighted by molar-refractivity contribution is 0.407. The van der Waals surface area contributed by atoms with Gasteiger partial charge in [0.1, 0.15) is 12.5 Å². The maximum atomic E-state index is 5.15. The second-order valence-electron chi connectivity index (χ2n) is 2.72. The molecule has 2 rings (SSSR count). The van der Waals surface area contributed by atoms with E-state index in [0.29, 0.717) is 0 Å². The highest BCUT2D eigenvalue weighted by molar-refractivity contribution is 5.68. The highest BCUT2D eigenvalue weighted by Gasteiger charge is 2.06. The summed E-state index contributed by atoms with van der Waals surface area (Å²) in [7, 11) is 1.64. The highest BCUT2D eigenvalue weighted by Crippen LogP contribution is 2.30. The summed E-state index contributed by atoms with van der Waals surface area (Å²) in [6.45, 7) is 0. The zero-order valence-corrected chi connectivity index (χ0v) is 7.36. The molecule has 0 N–H and O–H groups in total. The molecule has 0 aliphatic rings. The van der Waals surface area contributed by atoms with Crippen LogP contribution in [-0.2, 0) is 0 Å². The molecule has 0 bridgehead atoms. The van der Waals surface area contributed by atoms with Gasteiger partial charge in [-0.1, -0.05) is 30.3 Å². The first-order valence-electron chi connectivity index (χ1n) is 4.07. The minimum Gasteiger partial charge on any atom is -0.493 e. The Morgan fingerprint density at radius 2 is 1.85 bits per heavy atom. The fourth-order valence-corrected chi connectivity index (χ4v) is 1.27. The van der Waals surface area contributed by atoms with Crippen LogP contribution in [0.2, 0.25) is 0 Å². The number of benzene rings is 1. The molecule has 13 heavy (non-hydrogen) atoms. The van der Waals surface area contributed by atoms with Crippen molar-refractivity contribution >= 4 is 0 Å². The van der Waals surface area contributed by atoms with Gasteiger partial charge in [-0.15, -0.1) is 0 Å². The van der Waals surface area contributed by atoms with Gasteiger partial charge in [0.05, 0.1) is 12.7 Å². The number of furan rings is 1. The molecule has 0 aliphatic carbocycles. The summed E-state index contributed by atoms with van der Waals surface area (Å²) in [6, 6.07) is 10.0. The zero-order chi connectivity index (χ0) is 9.10. The van der Waals surface area contributed by atoms with E-state index in [-0.39, 0.29) is 0 Å². The second kappa shape index (κ2) is 3.35. The number of hydrogen-bond acceptors (Lipinski definition) is 2. The average molecular weight is 174 g/mol.